The van der Waals surface area contributed by atoms with Crippen molar-refractivity contribution in [2.75, 3.05) is 7.11 Å². The smallest absolute Gasteiger partial charge is 0.333 e. The SMILES string of the molecule is COc1cc(Br)c(F)cc1-n1ccc(=O)[nH]c1=O. The highest BCUT2D eigenvalue weighted by Crippen LogP contribution is 2.28. The van der Waals surface area contributed by atoms with Gasteiger partial charge in [0.1, 0.15) is 11.6 Å². The van der Waals surface area contributed by atoms with Crippen molar-refractivity contribution in [1.29, 1.82) is 0 Å². The fourth-order valence-electron chi connectivity index (χ4n) is 1.48. The quantitative estimate of drug-likeness (QED) is 0.912. The summed E-state index contributed by atoms with van der Waals surface area (Å²) in [4.78, 5) is 24.7. The lowest BCUT2D eigenvalue weighted by Crippen LogP contribution is -2.27. The van der Waals surface area contributed by atoms with Crippen molar-refractivity contribution in [1.82, 2.24) is 9.55 Å². The monoisotopic (exact) mass is 314 g/mol. The maximum atomic E-state index is 13.5. The van der Waals surface area contributed by atoms with E-state index >= 15 is 0 Å². The van der Waals surface area contributed by atoms with Gasteiger partial charge in [0.25, 0.3) is 5.56 Å². The molecule has 0 bridgehead atoms. The maximum Gasteiger partial charge on any atom is 0.333 e. The summed E-state index contributed by atoms with van der Waals surface area (Å²) < 4.78 is 19.9. The summed E-state index contributed by atoms with van der Waals surface area (Å²) in [6.07, 6.45) is 1.26. The third-order valence-electron chi connectivity index (χ3n) is 2.31. The van der Waals surface area contributed by atoms with Crippen LogP contribution in [0.15, 0.2) is 38.5 Å². The van der Waals surface area contributed by atoms with Crippen LogP contribution >= 0.6 is 15.9 Å². The molecule has 0 aliphatic rings. The van der Waals surface area contributed by atoms with Crippen LogP contribution in [-0.4, -0.2) is 16.7 Å². The van der Waals surface area contributed by atoms with E-state index in [2.05, 4.69) is 20.9 Å². The van der Waals surface area contributed by atoms with Gasteiger partial charge in [-0.2, -0.15) is 0 Å². The highest BCUT2D eigenvalue weighted by Gasteiger charge is 2.11. The van der Waals surface area contributed by atoms with Crippen LogP contribution < -0.4 is 16.0 Å². The fourth-order valence-corrected chi connectivity index (χ4v) is 1.80. The van der Waals surface area contributed by atoms with E-state index < -0.39 is 17.1 Å². The largest absolute Gasteiger partial charge is 0.495 e. The van der Waals surface area contributed by atoms with Crippen molar-refractivity contribution in [3.05, 3.63) is 55.5 Å². The van der Waals surface area contributed by atoms with Gasteiger partial charge < -0.3 is 4.74 Å². The molecule has 1 N–H and O–H groups in total. The lowest BCUT2D eigenvalue weighted by molar-refractivity contribution is 0.410. The summed E-state index contributed by atoms with van der Waals surface area (Å²) in [7, 11) is 1.40. The second-order valence-electron chi connectivity index (χ2n) is 3.42. The van der Waals surface area contributed by atoms with E-state index in [-0.39, 0.29) is 10.2 Å². The second-order valence-corrected chi connectivity index (χ2v) is 4.27. The van der Waals surface area contributed by atoms with E-state index in [1.807, 2.05) is 0 Å². The highest BCUT2D eigenvalue weighted by molar-refractivity contribution is 9.10. The number of ether oxygens (including phenoxy) is 1. The standard InChI is InChI=1S/C11H8BrFN2O3/c1-18-9-4-6(12)7(13)5-8(9)15-3-2-10(16)14-11(15)17/h2-5H,1H3,(H,14,16,17). The number of rotatable bonds is 2. The van der Waals surface area contributed by atoms with Gasteiger partial charge >= 0.3 is 5.69 Å². The molecule has 18 heavy (non-hydrogen) atoms. The van der Waals surface area contributed by atoms with Crippen LogP contribution in [0.1, 0.15) is 0 Å². The van der Waals surface area contributed by atoms with Gasteiger partial charge in [-0.05, 0) is 22.0 Å². The Kier molecular flexibility index (Phi) is 3.33. The second kappa shape index (κ2) is 4.77. The van der Waals surface area contributed by atoms with Crippen molar-refractivity contribution < 1.29 is 9.13 Å². The van der Waals surface area contributed by atoms with Crippen molar-refractivity contribution in [2.24, 2.45) is 0 Å². The Balaban J connectivity index is 2.74. The van der Waals surface area contributed by atoms with Gasteiger partial charge in [0.05, 0.1) is 17.3 Å². The predicted octanol–water partition coefficient (Wildman–Crippen LogP) is 1.44. The topological polar surface area (TPSA) is 64.1 Å². The summed E-state index contributed by atoms with van der Waals surface area (Å²) >= 11 is 3.02. The van der Waals surface area contributed by atoms with Gasteiger partial charge in [-0.1, -0.05) is 0 Å². The summed E-state index contributed by atoms with van der Waals surface area (Å²) in [6.45, 7) is 0. The van der Waals surface area contributed by atoms with Gasteiger partial charge in [0.15, 0.2) is 0 Å². The Hall–Kier alpha value is -1.89. The average Bonchev–Trinajstić information content (AvgIpc) is 2.32. The van der Waals surface area contributed by atoms with E-state index in [0.717, 1.165) is 10.6 Å². The van der Waals surface area contributed by atoms with Crippen LogP contribution in [-0.2, 0) is 0 Å². The number of benzene rings is 1. The van der Waals surface area contributed by atoms with Crippen LogP contribution in [0.25, 0.3) is 5.69 Å². The highest BCUT2D eigenvalue weighted by atomic mass is 79.9. The molecule has 5 nitrogen and oxygen atoms in total. The molecule has 0 saturated carbocycles. The number of aromatic amines is 1. The Morgan fingerprint density at radius 3 is 2.72 bits per heavy atom. The summed E-state index contributed by atoms with van der Waals surface area (Å²) in [6, 6.07) is 3.71. The molecule has 0 radical (unpaired) electrons. The lowest BCUT2D eigenvalue weighted by atomic mass is 10.2. The number of methoxy groups -OCH3 is 1. The summed E-state index contributed by atoms with van der Waals surface area (Å²) in [5.74, 6) is -0.235. The molecular formula is C11H8BrFN2O3. The minimum Gasteiger partial charge on any atom is -0.495 e. The number of halogens is 2. The Bertz CT molecular complexity index is 708. The normalized spacial score (nSPS) is 10.4. The predicted molar refractivity (Wildman–Crippen MR) is 66.9 cm³/mol. The Labute approximate surface area is 109 Å². The summed E-state index contributed by atoms with van der Waals surface area (Å²) in [5.41, 5.74) is -0.977. The van der Waals surface area contributed by atoms with E-state index in [4.69, 9.17) is 4.74 Å². The number of hydrogen-bond donors (Lipinski definition) is 1. The zero-order valence-corrected chi connectivity index (χ0v) is 10.8. The first-order valence-electron chi connectivity index (χ1n) is 4.88. The molecule has 0 aliphatic carbocycles. The molecule has 1 aromatic carbocycles. The number of hydrogen-bond acceptors (Lipinski definition) is 3. The molecule has 0 fully saturated rings. The molecule has 7 heteroatoms. The molecule has 2 aromatic rings. The minimum absolute atomic E-state index is 0.208. The van der Waals surface area contributed by atoms with Crippen molar-refractivity contribution in [3.8, 4) is 11.4 Å². The molecule has 0 atom stereocenters. The molecule has 0 aliphatic heterocycles. The van der Waals surface area contributed by atoms with E-state index in [9.17, 15) is 14.0 Å². The Morgan fingerprint density at radius 2 is 2.11 bits per heavy atom. The van der Waals surface area contributed by atoms with Crippen molar-refractivity contribution >= 4 is 15.9 Å². The first-order chi connectivity index (χ1) is 8.52. The van der Waals surface area contributed by atoms with Gasteiger partial charge in [-0.15, -0.1) is 0 Å². The zero-order valence-electron chi connectivity index (χ0n) is 9.24. The summed E-state index contributed by atoms with van der Waals surface area (Å²) in [5, 5.41) is 0. The molecule has 0 amide bonds. The van der Waals surface area contributed by atoms with Crippen LogP contribution in [0, 0.1) is 5.82 Å². The molecule has 2 rings (SSSR count). The minimum atomic E-state index is -0.664. The lowest BCUT2D eigenvalue weighted by Gasteiger charge is -2.11. The first-order valence-corrected chi connectivity index (χ1v) is 5.67. The number of nitrogens with zero attached hydrogens (tertiary/aromatic N) is 1. The van der Waals surface area contributed by atoms with Crippen molar-refractivity contribution in [2.45, 2.75) is 0 Å². The molecule has 1 heterocycles. The van der Waals surface area contributed by atoms with Crippen LogP contribution in [0.4, 0.5) is 4.39 Å². The molecular weight excluding hydrogens is 307 g/mol. The van der Waals surface area contributed by atoms with Gasteiger partial charge in [-0.25, -0.2) is 9.18 Å². The number of nitrogens with one attached hydrogen (secondary N) is 1. The molecule has 1 aromatic heterocycles. The van der Waals surface area contributed by atoms with Crippen LogP contribution in [0.2, 0.25) is 0 Å². The average molecular weight is 315 g/mol. The third kappa shape index (κ3) is 2.21. The molecule has 94 valence electrons. The van der Waals surface area contributed by atoms with Gasteiger partial charge in [0, 0.05) is 18.3 Å². The number of aromatic nitrogens is 2. The first kappa shape index (κ1) is 12.6. The number of H-pyrrole nitrogens is 1. The molecule has 0 saturated heterocycles. The van der Waals surface area contributed by atoms with Crippen molar-refractivity contribution in [3.63, 3.8) is 0 Å². The van der Waals surface area contributed by atoms with E-state index in [1.165, 1.54) is 25.4 Å². The zero-order chi connectivity index (χ0) is 13.3. The Morgan fingerprint density at radius 1 is 1.39 bits per heavy atom. The molecule has 0 unspecified atom stereocenters. The third-order valence-corrected chi connectivity index (χ3v) is 2.91. The fraction of sp³-hybridized carbons (Fsp3) is 0.0909. The van der Waals surface area contributed by atoms with Gasteiger partial charge in [-0.3, -0.25) is 14.3 Å². The van der Waals surface area contributed by atoms with Crippen LogP contribution in [0.5, 0.6) is 5.75 Å². The van der Waals surface area contributed by atoms with Gasteiger partial charge in [0.2, 0.25) is 0 Å². The maximum absolute atomic E-state index is 13.5. The van der Waals surface area contributed by atoms with E-state index in [1.54, 1.807) is 0 Å². The molecule has 0 spiro atoms. The van der Waals surface area contributed by atoms with Crippen LogP contribution in [0.3, 0.4) is 0 Å². The van der Waals surface area contributed by atoms with E-state index in [0.29, 0.717) is 5.75 Å².